The lowest BCUT2D eigenvalue weighted by atomic mass is 10.0. The predicted molar refractivity (Wildman–Crippen MR) is 161 cm³/mol. The third-order valence-corrected chi connectivity index (χ3v) is 7.78. The van der Waals surface area contributed by atoms with E-state index in [-0.39, 0.29) is 0 Å². The van der Waals surface area contributed by atoms with Crippen LogP contribution in [0.15, 0.2) is 126 Å². The number of furan rings is 1. The molecule has 0 unspecified atom stereocenters. The molecule has 5 nitrogen and oxygen atoms in total. The molecule has 5 heteroatoms. The number of hydrogen-bond donors (Lipinski definition) is 0. The van der Waals surface area contributed by atoms with E-state index in [2.05, 4.69) is 77.2 Å². The second kappa shape index (κ2) is 7.98. The molecule has 0 atom stereocenters. The molecule has 0 aliphatic rings. The van der Waals surface area contributed by atoms with E-state index in [9.17, 15) is 0 Å². The van der Waals surface area contributed by atoms with Crippen LogP contribution in [0.2, 0.25) is 0 Å². The first-order valence-corrected chi connectivity index (χ1v) is 13.3. The SMILES string of the molecule is c1ccc(-c2nc(-c3ccc4c(c3)oc3ccccc34)nc3c2c2ccccc2n2c4ccccc4nc32)cc1. The Morgan fingerprint density at radius 1 is 0.525 bits per heavy atom. The van der Waals surface area contributed by atoms with Gasteiger partial charge in [0.05, 0.1) is 22.2 Å². The minimum absolute atomic E-state index is 0.637. The van der Waals surface area contributed by atoms with Gasteiger partial charge in [-0.25, -0.2) is 15.0 Å². The van der Waals surface area contributed by atoms with Crippen LogP contribution >= 0.6 is 0 Å². The predicted octanol–water partition coefficient (Wildman–Crippen LogP) is 8.82. The van der Waals surface area contributed by atoms with Crippen molar-refractivity contribution in [2.24, 2.45) is 0 Å². The van der Waals surface area contributed by atoms with Crippen LogP contribution in [0.1, 0.15) is 0 Å². The Morgan fingerprint density at radius 2 is 1.25 bits per heavy atom. The first kappa shape index (κ1) is 21.4. The molecule has 0 aliphatic carbocycles. The van der Waals surface area contributed by atoms with Crippen LogP contribution < -0.4 is 0 Å². The van der Waals surface area contributed by atoms with Crippen molar-refractivity contribution in [3.05, 3.63) is 121 Å². The van der Waals surface area contributed by atoms with Gasteiger partial charge in [0.15, 0.2) is 11.5 Å². The summed E-state index contributed by atoms with van der Waals surface area (Å²) in [6.07, 6.45) is 0. The van der Waals surface area contributed by atoms with Crippen molar-refractivity contribution >= 4 is 60.4 Å². The first-order chi connectivity index (χ1) is 19.8. The zero-order valence-corrected chi connectivity index (χ0v) is 21.2. The van der Waals surface area contributed by atoms with E-state index in [0.29, 0.717) is 5.82 Å². The van der Waals surface area contributed by atoms with Gasteiger partial charge >= 0.3 is 0 Å². The highest BCUT2D eigenvalue weighted by atomic mass is 16.3. The van der Waals surface area contributed by atoms with Crippen molar-refractivity contribution in [1.82, 2.24) is 19.4 Å². The van der Waals surface area contributed by atoms with Gasteiger partial charge in [-0.1, -0.05) is 84.9 Å². The van der Waals surface area contributed by atoms with E-state index in [1.165, 1.54) is 0 Å². The Balaban J connectivity index is 1.45. The summed E-state index contributed by atoms with van der Waals surface area (Å²) in [6, 6.07) is 41.4. The summed E-state index contributed by atoms with van der Waals surface area (Å²) in [6.45, 7) is 0. The summed E-state index contributed by atoms with van der Waals surface area (Å²) in [7, 11) is 0. The van der Waals surface area contributed by atoms with Gasteiger partial charge in [0.2, 0.25) is 0 Å². The van der Waals surface area contributed by atoms with E-state index in [0.717, 1.165) is 77.2 Å². The van der Waals surface area contributed by atoms with Gasteiger partial charge in [0.1, 0.15) is 16.7 Å². The number of aromatic nitrogens is 4. The van der Waals surface area contributed by atoms with E-state index in [1.807, 2.05) is 48.5 Å². The molecule has 0 saturated carbocycles. The molecule has 0 aliphatic heterocycles. The van der Waals surface area contributed by atoms with E-state index >= 15 is 0 Å². The highest BCUT2D eigenvalue weighted by Crippen LogP contribution is 2.38. The fourth-order valence-corrected chi connectivity index (χ4v) is 5.99. The second-order valence-electron chi connectivity index (χ2n) is 10.1. The summed E-state index contributed by atoms with van der Waals surface area (Å²) >= 11 is 0. The normalized spacial score (nSPS) is 12.0. The van der Waals surface area contributed by atoms with Gasteiger partial charge in [0, 0.05) is 32.7 Å². The fraction of sp³-hybridized carbons (Fsp3) is 0. The van der Waals surface area contributed by atoms with Crippen LogP contribution in [-0.2, 0) is 0 Å². The molecular weight excluding hydrogens is 492 g/mol. The molecule has 0 bridgehead atoms. The third-order valence-electron chi connectivity index (χ3n) is 7.78. The molecular formula is C35H20N4O. The van der Waals surface area contributed by atoms with Crippen LogP contribution in [0, 0.1) is 0 Å². The first-order valence-electron chi connectivity index (χ1n) is 13.3. The average molecular weight is 513 g/mol. The zero-order valence-electron chi connectivity index (χ0n) is 21.2. The molecule has 4 aromatic heterocycles. The highest BCUT2D eigenvalue weighted by molar-refractivity contribution is 6.17. The molecule has 0 fully saturated rings. The number of rotatable bonds is 2. The molecule has 40 heavy (non-hydrogen) atoms. The molecule has 9 aromatic rings. The number of nitrogens with zero attached hydrogens (tertiary/aromatic N) is 4. The summed E-state index contributed by atoms with van der Waals surface area (Å²) in [5.74, 6) is 0.637. The maximum Gasteiger partial charge on any atom is 0.165 e. The minimum atomic E-state index is 0.637. The largest absolute Gasteiger partial charge is 0.456 e. The number of pyridine rings is 1. The lowest BCUT2D eigenvalue weighted by molar-refractivity contribution is 0.669. The minimum Gasteiger partial charge on any atom is -0.456 e. The Labute approximate surface area is 228 Å². The van der Waals surface area contributed by atoms with E-state index in [1.54, 1.807) is 0 Å². The Hall–Kier alpha value is -5.55. The van der Waals surface area contributed by atoms with Crippen LogP contribution in [-0.4, -0.2) is 19.4 Å². The molecule has 0 radical (unpaired) electrons. The number of imidazole rings is 1. The number of hydrogen-bond acceptors (Lipinski definition) is 4. The number of para-hydroxylation sites is 4. The number of benzene rings is 5. The standard InChI is InChI=1S/C35H20N4O/c1-2-10-21(11-3-1)32-31-25-13-4-7-15-27(25)39-28-16-8-6-14-26(28)36-35(39)33(31)38-34(37-32)22-18-19-24-23-12-5-9-17-29(23)40-30(24)20-22/h1-20H. The lowest BCUT2D eigenvalue weighted by Gasteiger charge is -2.14. The molecule has 0 saturated heterocycles. The van der Waals surface area contributed by atoms with Crippen LogP contribution in [0.25, 0.3) is 83.1 Å². The lowest BCUT2D eigenvalue weighted by Crippen LogP contribution is -2.00. The fourth-order valence-electron chi connectivity index (χ4n) is 5.99. The molecule has 5 aromatic carbocycles. The van der Waals surface area contributed by atoms with Gasteiger partial charge in [-0.15, -0.1) is 0 Å². The maximum atomic E-state index is 6.21. The van der Waals surface area contributed by atoms with Crippen molar-refractivity contribution in [3.8, 4) is 22.6 Å². The molecule has 9 rings (SSSR count). The van der Waals surface area contributed by atoms with E-state index in [4.69, 9.17) is 19.4 Å². The molecule has 0 N–H and O–H groups in total. The van der Waals surface area contributed by atoms with Gasteiger partial charge in [-0.2, -0.15) is 0 Å². The van der Waals surface area contributed by atoms with Crippen molar-refractivity contribution < 1.29 is 4.42 Å². The summed E-state index contributed by atoms with van der Waals surface area (Å²) in [4.78, 5) is 15.5. The van der Waals surface area contributed by atoms with E-state index < -0.39 is 0 Å². The monoisotopic (exact) mass is 512 g/mol. The Kier molecular flexibility index (Phi) is 4.27. The molecule has 4 heterocycles. The average Bonchev–Trinajstić information content (AvgIpc) is 3.60. The van der Waals surface area contributed by atoms with Crippen molar-refractivity contribution in [2.75, 3.05) is 0 Å². The van der Waals surface area contributed by atoms with Gasteiger partial charge < -0.3 is 4.42 Å². The van der Waals surface area contributed by atoms with Crippen LogP contribution in [0.4, 0.5) is 0 Å². The van der Waals surface area contributed by atoms with Gasteiger partial charge in [0.25, 0.3) is 0 Å². The van der Waals surface area contributed by atoms with Crippen molar-refractivity contribution in [2.45, 2.75) is 0 Å². The smallest absolute Gasteiger partial charge is 0.165 e. The molecule has 186 valence electrons. The second-order valence-corrected chi connectivity index (χ2v) is 10.1. The summed E-state index contributed by atoms with van der Waals surface area (Å²) < 4.78 is 8.44. The number of fused-ring (bicyclic) bond motifs is 11. The summed E-state index contributed by atoms with van der Waals surface area (Å²) in [5.41, 5.74) is 9.22. The Morgan fingerprint density at radius 3 is 2.15 bits per heavy atom. The Bertz CT molecular complexity index is 2440. The summed E-state index contributed by atoms with van der Waals surface area (Å²) in [5, 5.41) is 4.27. The van der Waals surface area contributed by atoms with Gasteiger partial charge in [-0.05, 0) is 36.4 Å². The van der Waals surface area contributed by atoms with Crippen molar-refractivity contribution in [1.29, 1.82) is 0 Å². The van der Waals surface area contributed by atoms with Crippen molar-refractivity contribution in [3.63, 3.8) is 0 Å². The zero-order chi connectivity index (χ0) is 26.2. The van der Waals surface area contributed by atoms with Crippen LogP contribution in [0.3, 0.4) is 0 Å². The third kappa shape index (κ3) is 2.94. The molecule has 0 amide bonds. The molecule has 0 spiro atoms. The topological polar surface area (TPSA) is 56.2 Å². The highest BCUT2D eigenvalue weighted by Gasteiger charge is 2.21. The quantitative estimate of drug-likeness (QED) is 0.217. The van der Waals surface area contributed by atoms with Crippen LogP contribution in [0.5, 0.6) is 0 Å². The van der Waals surface area contributed by atoms with Gasteiger partial charge in [-0.3, -0.25) is 4.40 Å². The maximum absolute atomic E-state index is 6.21.